The summed E-state index contributed by atoms with van der Waals surface area (Å²) < 4.78 is 14.6. The van der Waals surface area contributed by atoms with E-state index in [1.54, 1.807) is 17.8 Å². The number of nitrogens with zero attached hydrogens (tertiary/aromatic N) is 1. The lowest BCUT2D eigenvalue weighted by molar-refractivity contribution is 0.385. The molecule has 2 nitrogen and oxygen atoms in total. The van der Waals surface area contributed by atoms with Crippen LogP contribution < -0.4 is 5.32 Å². The Labute approximate surface area is 125 Å². The second kappa shape index (κ2) is 5.83. The summed E-state index contributed by atoms with van der Waals surface area (Å²) in [5.41, 5.74) is 0.721. The Morgan fingerprint density at radius 1 is 1.37 bits per heavy atom. The van der Waals surface area contributed by atoms with Gasteiger partial charge in [-0.1, -0.05) is 40.5 Å². The van der Waals surface area contributed by atoms with E-state index in [9.17, 15) is 4.39 Å². The van der Waals surface area contributed by atoms with Crippen molar-refractivity contribution in [2.24, 2.45) is 4.99 Å². The Kier molecular flexibility index (Phi) is 4.12. The van der Waals surface area contributed by atoms with Crippen molar-refractivity contribution in [3.63, 3.8) is 0 Å². The van der Waals surface area contributed by atoms with E-state index in [1.807, 2.05) is 6.07 Å². The number of rotatable bonds is 2. The van der Waals surface area contributed by atoms with Crippen molar-refractivity contribution in [2.75, 3.05) is 0 Å². The molecular formula is C14H16BrFN2S. The van der Waals surface area contributed by atoms with Gasteiger partial charge in [0.1, 0.15) is 5.82 Å². The van der Waals surface area contributed by atoms with Crippen LogP contribution in [0.3, 0.4) is 0 Å². The molecule has 1 aliphatic carbocycles. The van der Waals surface area contributed by atoms with Crippen molar-refractivity contribution >= 4 is 32.9 Å². The van der Waals surface area contributed by atoms with Gasteiger partial charge in [0.15, 0.2) is 5.17 Å². The minimum Gasteiger partial charge on any atom is -0.360 e. The summed E-state index contributed by atoms with van der Waals surface area (Å²) in [7, 11) is 0. The van der Waals surface area contributed by atoms with Crippen LogP contribution in [0, 0.1) is 5.82 Å². The van der Waals surface area contributed by atoms with Gasteiger partial charge in [-0.2, -0.15) is 0 Å². The Hall–Kier alpha value is -0.550. The van der Waals surface area contributed by atoms with E-state index in [4.69, 9.17) is 4.99 Å². The normalized spacial score (nSPS) is 25.7. The number of amidine groups is 1. The number of fused-ring (bicyclic) bond motifs is 1. The fourth-order valence-corrected chi connectivity index (χ4v) is 4.03. The lowest BCUT2D eigenvalue weighted by Gasteiger charge is -2.23. The van der Waals surface area contributed by atoms with Gasteiger partial charge in [-0.15, -0.1) is 0 Å². The molecular weight excluding hydrogens is 327 g/mol. The molecule has 0 amide bonds. The van der Waals surface area contributed by atoms with Crippen LogP contribution in [0.25, 0.3) is 0 Å². The third-order valence-electron chi connectivity index (χ3n) is 3.69. The first-order valence-corrected chi connectivity index (χ1v) is 8.41. The zero-order valence-corrected chi connectivity index (χ0v) is 12.9. The average molecular weight is 343 g/mol. The molecule has 0 aromatic heterocycles. The third-order valence-corrected chi connectivity index (χ3v) is 5.14. The molecule has 1 fully saturated rings. The predicted molar refractivity (Wildman–Crippen MR) is 82.0 cm³/mol. The summed E-state index contributed by atoms with van der Waals surface area (Å²) in [6.07, 6.45) is 4.98. The summed E-state index contributed by atoms with van der Waals surface area (Å²) in [5, 5.41) is 4.46. The molecule has 5 heteroatoms. The number of aliphatic imine (C=N–C) groups is 1. The second-order valence-electron chi connectivity index (χ2n) is 5.06. The van der Waals surface area contributed by atoms with E-state index in [0.717, 1.165) is 15.2 Å². The molecule has 2 aliphatic rings. The molecule has 0 spiro atoms. The van der Waals surface area contributed by atoms with Gasteiger partial charge in [-0.25, -0.2) is 4.39 Å². The van der Waals surface area contributed by atoms with Crippen molar-refractivity contribution in [3.8, 4) is 0 Å². The van der Waals surface area contributed by atoms with E-state index in [2.05, 4.69) is 21.2 Å². The average Bonchev–Trinajstić information content (AvgIpc) is 2.82. The van der Waals surface area contributed by atoms with Crippen molar-refractivity contribution in [3.05, 3.63) is 34.1 Å². The van der Waals surface area contributed by atoms with Crippen molar-refractivity contribution in [2.45, 2.75) is 43.5 Å². The van der Waals surface area contributed by atoms with Gasteiger partial charge in [-0.05, 0) is 36.6 Å². The fourth-order valence-electron chi connectivity index (χ4n) is 2.66. The molecule has 0 saturated heterocycles. The number of hydrogen-bond acceptors (Lipinski definition) is 3. The van der Waals surface area contributed by atoms with Gasteiger partial charge < -0.3 is 5.32 Å². The van der Waals surface area contributed by atoms with Crippen LogP contribution in [0.1, 0.15) is 31.2 Å². The van der Waals surface area contributed by atoms with Crippen LogP contribution >= 0.6 is 27.7 Å². The molecule has 19 heavy (non-hydrogen) atoms. The highest BCUT2D eigenvalue weighted by Gasteiger charge is 2.30. The largest absolute Gasteiger partial charge is 0.360 e. The maximum absolute atomic E-state index is 13.6. The van der Waals surface area contributed by atoms with Gasteiger partial charge in [0.25, 0.3) is 0 Å². The molecule has 1 aliphatic heterocycles. The molecule has 1 N–H and O–H groups in total. The quantitative estimate of drug-likeness (QED) is 0.875. The summed E-state index contributed by atoms with van der Waals surface area (Å²) in [5.74, 6) is 0.475. The van der Waals surface area contributed by atoms with E-state index < -0.39 is 0 Å². The first kappa shape index (κ1) is 13.4. The Balaban J connectivity index is 1.62. The number of thioether (sulfide) groups is 1. The van der Waals surface area contributed by atoms with Gasteiger partial charge in [0.05, 0.1) is 12.1 Å². The highest BCUT2D eigenvalue weighted by Crippen LogP contribution is 2.28. The maximum Gasteiger partial charge on any atom is 0.157 e. The second-order valence-corrected chi connectivity index (χ2v) is 6.94. The lowest BCUT2D eigenvalue weighted by atomic mass is 9.92. The number of halogens is 2. The summed E-state index contributed by atoms with van der Waals surface area (Å²) >= 11 is 4.98. The third kappa shape index (κ3) is 3.14. The fraction of sp³-hybridized carbons (Fsp3) is 0.500. The highest BCUT2D eigenvalue weighted by molar-refractivity contribution is 9.10. The van der Waals surface area contributed by atoms with Crippen LogP contribution in [0.5, 0.6) is 0 Å². The summed E-state index contributed by atoms with van der Waals surface area (Å²) in [6, 6.07) is 6.03. The van der Waals surface area contributed by atoms with E-state index >= 15 is 0 Å². The lowest BCUT2D eigenvalue weighted by Crippen LogP contribution is -2.36. The first-order valence-electron chi connectivity index (χ1n) is 6.63. The minimum absolute atomic E-state index is 0.147. The van der Waals surface area contributed by atoms with Crippen molar-refractivity contribution in [1.82, 2.24) is 5.32 Å². The van der Waals surface area contributed by atoms with Crippen LogP contribution in [0.15, 0.2) is 27.7 Å². The van der Waals surface area contributed by atoms with Crippen LogP contribution in [0.4, 0.5) is 4.39 Å². The van der Waals surface area contributed by atoms with E-state index in [-0.39, 0.29) is 5.82 Å². The van der Waals surface area contributed by atoms with E-state index in [1.165, 1.54) is 31.7 Å². The topological polar surface area (TPSA) is 24.4 Å². The molecule has 1 heterocycles. The standard InChI is InChI=1S/C14H16BrFN2S/c15-10-5-6-11(16)9(7-10)8-19-14-17-12-3-1-2-4-13(12)18-14/h5-7,12-13H,1-4,8H2,(H,17,18). The molecule has 0 bridgehead atoms. The van der Waals surface area contributed by atoms with Crippen LogP contribution in [-0.4, -0.2) is 17.3 Å². The molecule has 2 unspecified atom stereocenters. The van der Waals surface area contributed by atoms with Crippen molar-refractivity contribution in [1.29, 1.82) is 0 Å². The van der Waals surface area contributed by atoms with Gasteiger partial charge in [-0.3, -0.25) is 4.99 Å². The van der Waals surface area contributed by atoms with Crippen molar-refractivity contribution < 1.29 is 4.39 Å². The SMILES string of the molecule is Fc1ccc(Br)cc1CSC1=NC2CCCCC2N1. The van der Waals surface area contributed by atoms with Crippen LogP contribution in [0.2, 0.25) is 0 Å². The summed E-state index contributed by atoms with van der Waals surface area (Å²) in [6.45, 7) is 0. The molecule has 0 radical (unpaired) electrons. The molecule has 3 rings (SSSR count). The molecule has 1 aromatic rings. The predicted octanol–water partition coefficient (Wildman–Crippen LogP) is 4.09. The molecule has 1 aromatic carbocycles. The monoisotopic (exact) mass is 342 g/mol. The Morgan fingerprint density at radius 2 is 2.21 bits per heavy atom. The number of benzene rings is 1. The smallest absolute Gasteiger partial charge is 0.157 e. The van der Waals surface area contributed by atoms with Gasteiger partial charge >= 0.3 is 0 Å². The highest BCUT2D eigenvalue weighted by atomic mass is 79.9. The molecule has 1 saturated carbocycles. The van der Waals surface area contributed by atoms with Gasteiger partial charge in [0, 0.05) is 10.2 Å². The minimum atomic E-state index is -0.147. The molecule has 102 valence electrons. The number of hydrogen-bond donors (Lipinski definition) is 1. The van der Waals surface area contributed by atoms with E-state index in [0.29, 0.717) is 17.8 Å². The van der Waals surface area contributed by atoms with Gasteiger partial charge in [0.2, 0.25) is 0 Å². The molecule has 2 atom stereocenters. The zero-order chi connectivity index (χ0) is 13.2. The Morgan fingerprint density at radius 3 is 3.05 bits per heavy atom. The van der Waals surface area contributed by atoms with Crippen LogP contribution in [-0.2, 0) is 5.75 Å². The summed E-state index contributed by atoms with van der Waals surface area (Å²) in [4.78, 5) is 4.71. The zero-order valence-electron chi connectivity index (χ0n) is 10.5. The number of nitrogens with one attached hydrogen (secondary N) is 1. The first-order chi connectivity index (χ1) is 9.22. The Bertz CT molecular complexity index is 506. The maximum atomic E-state index is 13.6.